The first-order valence-corrected chi connectivity index (χ1v) is 7.25. The van der Waals surface area contributed by atoms with E-state index in [4.69, 9.17) is 0 Å². The summed E-state index contributed by atoms with van der Waals surface area (Å²) in [6.07, 6.45) is 5.14. The first kappa shape index (κ1) is 13.3. The van der Waals surface area contributed by atoms with Gasteiger partial charge in [-0.1, -0.05) is 0 Å². The maximum absolute atomic E-state index is 11.4. The number of carboxylic acids is 1. The quantitative estimate of drug-likeness (QED) is 0.723. The molecule has 3 N–H and O–H groups in total. The summed E-state index contributed by atoms with van der Waals surface area (Å²) in [4.78, 5) is 26.9. The average molecular weight is 293 g/mol. The number of nitrogens with one attached hydrogen (secondary N) is 2. The second-order valence-electron chi connectivity index (χ2n) is 4.90. The summed E-state index contributed by atoms with van der Waals surface area (Å²) in [6, 6.07) is 0. The highest BCUT2D eigenvalue weighted by Crippen LogP contribution is 2.40. The first-order valence-electron chi connectivity index (χ1n) is 6.38. The van der Waals surface area contributed by atoms with Crippen LogP contribution in [0.15, 0.2) is 17.7 Å². The molecular formula is C12H15N5O2S. The number of imidazole rings is 1. The van der Waals surface area contributed by atoms with E-state index < -0.39 is 11.5 Å². The molecular weight excluding hydrogens is 278 g/mol. The minimum absolute atomic E-state index is 0.222. The zero-order valence-electron chi connectivity index (χ0n) is 11.0. The highest BCUT2D eigenvalue weighted by atomic mass is 32.2. The van der Waals surface area contributed by atoms with Crippen LogP contribution in [-0.2, 0) is 4.79 Å². The normalized spacial score (nSPS) is 26.1. The van der Waals surface area contributed by atoms with E-state index in [-0.39, 0.29) is 5.25 Å². The molecule has 0 spiro atoms. The molecule has 106 valence electrons. The summed E-state index contributed by atoms with van der Waals surface area (Å²) in [5.74, 6) is -0.780. The van der Waals surface area contributed by atoms with Crippen molar-refractivity contribution in [1.82, 2.24) is 25.3 Å². The predicted octanol–water partition coefficient (Wildman–Crippen LogP) is 1.04. The number of aromatic nitrogens is 4. The molecule has 1 aliphatic rings. The van der Waals surface area contributed by atoms with Gasteiger partial charge in [-0.25, -0.2) is 15.0 Å². The van der Waals surface area contributed by atoms with Gasteiger partial charge in [0.25, 0.3) is 0 Å². The largest absolute Gasteiger partial charge is 0.480 e. The van der Waals surface area contributed by atoms with Crippen LogP contribution in [0, 0.1) is 0 Å². The monoisotopic (exact) mass is 293 g/mol. The Morgan fingerprint density at radius 2 is 2.40 bits per heavy atom. The molecule has 1 fully saturated rings. The summed E-state index contributed by atoms with van der Waals surface area (Å²) in [7, 11) is 1.71. The van der Waals surface area contributed by atoms with Gasteiger partial charge in [-0.05, 0) is 26.3 Å². The van der Waals surface area contributed by atoms with Gasteiger partial charge in [0, 0.05) is 5.25 Å². The third kappa shape index (κ3) is 2.14. The van der Waals surface area contributed by atoms with Crippen LogP contribution in [0.2, 0.25) is 0 Å². The van der Waals surface area contributed by atoms with Crippen molar-refractivity contribution in [3.63, 3.8) is 0 Å². The Morgan fingerprint density at radius 1 is 1.55 bits per heavy atom. The minimum Gasteiger partial charge on any atom is -0.480 e. The molecule has 2 aromatic rings. The standard InChI is InChI=1S/C12H15N5O2S/c1-13-12(11(18)19)3-2-7(4-12)20-10-8-9(15-5-14-8)16-6-17-10/h5-7,13H,2-4H2,1H3,(H,18,19)(H,14,15,16,17). The number of fused-ring (bicyclic) bond motifs is 1. The topological polar surface area (TPSA) is 104 Å². The summed E-state index contributed by atoms with van der Waals surface area (Å²) in [5.41, 5.74) is 0.644. The first-order chi connectivity index (χ1) is 9.64. The maximum atomic E-state index is 11.4. The summed E-state index contributed by atoms with van der Waals surface area (Å²) >= 11 is 1.59. The number of hydrogen-bond acceptors (Lipinski definition) is 6. The second kappa shape index (κ2) is 5.02. The number of aromatic amines is 1. The van der Waals surface area contributed by atoms with E-state index in [0.29, 0.717) is 18.5 Å². The van der Waals surface area contributed by atoms with Crippen LogP contribution in [0.1, 0.15) is 19.3 Å². The Bertz CT molecular complexity index is 646. The smallest absolute Gasteiger partial charge is 0.323 e. The van der Waals surface area contributed by atoms with E-state index in [9.17, 15) is 9.90 Å². The van der Waals surface area contributed by atoms with E-state index >= 15 is 0 Å². The highest BCUT2D eigenvalue weighted by Gasteiger charge is 2.44. The molecule has 2 unspecified atom stereocenters. The van der Waals surface area contributed by atoms with Gasteiger partial charge in [0.05, 0.1) is 6.33 Å². The van der Waals surface area contributed by atoms with Crippen LogP contribution in [0.3, 0.4) is 0 Å². The number of hydrogen-bond donors (Lipinski definition) is 3. The lowest BCUT2D eigenvalue weighted by Gasteiger charge is -2.23. The van der Waals surface area contributed by atoms with E-state index in [1.807, 2.05) is 0 Å². The van der Waals surface area contributed by atoms with Gasteiger partial charge in [0.15, 0.2) is 5.65 Å². The van der Waals surface area contributed by atoms with E-state index in [1.54, 1.807) is 25.1 Å². The van der Waals surface area contributed by atoms with Gasteiger partial charge in [-0.15, -0.1) is 11.8 Å². The molecule has 1 saturated carbocycles. The summed E-state index contributed by atoms with van der Waals surface area (Å²) in [5, 5.41) is 13.4. The number of carboxylic acid groups (broad SMARTS) is 1. The van der Waals surface area contributed by atoms with Crippen LogP contribution in [0.5, 0.6) is 0 Å². The van der Waals surface area contributed by atoms with Crippen molar-refractivity contribution >= 4 is 28.9 Å². The van der Waals surface area contributed by atoms with Crippen LogP contribution in [-0.4, -0.2) is 48.8 Å². The van der Waals surface area contributed by atoms with Crippen molar-refractivity contribution < 1.29 is 9.90 Å². The molecule has 20 heavy (non-hydrogen) atoms. The molecule has 0 bridgehead atoms. The zero-order chi connectivity index (χ0) is 14.2. The van der Waals surface area contributed by atoms with E-state index in [0.717, 1.165) is 17.0 Å². The van der Waals surface area contributed by atoms with Crippen molar-refractivity contribution in [2.45, 2.75) is 35.1 Å². The Kier molecular flexibility index (Phi) is 3.35. The zero-order valence-corrected chi connectivity index (χ0v) is 11.8. The molecule has 0 radical (unpaired) electrons. The SMILES string of the molecule is CNC1(C(=O)O)CCC(Sc2ncnc3nc[nH]c23)C1. The Labute approximate surface area is 119 Å². The van der Waals surface area contributed by atoms with Crippen molar-refractivity contribution in [2.24, 2.45) is 0 Å². The van der Waals surface area contributed by atoms with Crippen LogP contribution in [0.4, 0.5) is 0 Å². The molecule has 2 heterocycles. The van der Waals surface area contributed by atoms with Crippen molar-refractivity contribution in [2.75, 3.05) is 7.05 Å². The van der Waals surface area contributed by atoms with Gasteiger partial charge in [-0.3, -0.25) is 4.79 Å². The van der Waals surface area contributed by atoms with E-state index in [2.05, 4.69) is 25.3 Å². The van der Waals surface area contributed by atoms with E-state index in [1.165, 1.54) is 6.33 Å². The molecule has 0 amide bonds. The molecule has 8 heteroatoms. The van der Waals surface area contributed by atoms with Crippen molar-refractivity contribution in [3.8, 4) is 0 Å². The fourth-order valence-corrected chi connectivity index (χ4v) is 3.91. The van der Waals surface area contributed by atoms with Crippen LogP contribution < -0.4 is 5.32 Å². The lowest BCUT2D eigenvalue weighted by molar-refractivity contribution is -0.144. The number of carbonyl (C=O) groups is 1. The summed E-state index contributed by atoms with van der Waals surface area (Å²) < 4.78 is 0. The van der Waals surface area contributed by atoms with Crippen LogP contribution in [0.25, 0.3) is 11.2 Å². The fraction of sp³-hybridized carbons (Fsp3) is 0.500. The Hall–Kier alpha value is -1.67. The number of aliphatic carboxylic acids is 1. The molecule has 7 nitrogen and oxygen atoms in total. The molecule has 0 aliphatic heterocycles. The van der Waals surface area contributed by atoms with Crippen molar-refractivity contribution in [1.29, 1.82) is 0 Å². The van der Waals surface area contributed by atoms with Gasteiger partial charge in [0.1, 0.15) is 22.4 Å². The number of H-pyrrole nitrogens is 1. The van der Waals surface area contributed by atoms with Crippen molar-refractivity contribution in [3.05, 3.63) is 12.7 Å². The molecule has 2 atom stereocenters. The third-order valence-electron chi connectivity index (χ3n) is 3.82. The number of nitrogens with zero attached hydrogens (tertiary/aromatic N) is 3. The van der Waals surface area contributed by atoms with Gasteiger partial charge >= 0.3 is 5.97 Å². The molecule has 0 saturated heterocycles. The molecule has 3 rings (SSSR count). The minimum atomic E-state index is -0.808. The number of thioether (sulfide) groups is 1. The summed E-state index contributed by atoms with van der Waals surface area (Å²) in [6.45, 7) is 0. The van der Waals surface area contributed by atoms with Gasteiger partial charge in [-0.2, -0.15) is 0 Å². The third-order valence-corrected chi connectivity index (χ3v) is 5.09. The maximum Gasteiger partial charge on any atom is 0.323 e. The van der Waals surface area contributed by atoms with Gasteiger partial charge in [0.2, 0.25) is 0 Å². The fourth-order valence-electron chi connectivity index (χ4n) is 2.62. The second-order valence-corrected chi connectivity index (χ2v) is 6.19. The molecule has 1 aliphatic carbocycles. The Balaban J connectivity index is 1.80. The lowest BCUT2D eigenvalue weighted by Crippen LogP contribution is -2.48. The van der Waals surface area contributed by atoms with Gasteiger partial charge < -0.3 is 15.4 Å². The Morgan fingerprint density at radius 3 is 3.10 bits per heavy atom. The number of likely N-dealkylation sites (N-methyl/N-ethyl adjacent to an activating group) is 1. The number of rotatable bonds is 4. The lowest BCUT2D eigenvalue weighted by atomic mass is 9.99. The van der Waals surface area contributed by atoms with Crippen LogP contribution >= 0.6 is 11.8 Å². The molecule has 0 aromatic carbocycles. The average Bonchev–Trinajstić information content (AvgIpc) is 3.06. The highest BCUT2D eigenvalue weighted by molar-refractivity contribution is 8.00. The molecule has 2 aromatic heterocycles. The predicted molar refractivity (Wildman–Crippen MR) is 74.6 cm³/mol.